The molecule has 0 unspecified atom stereocenters. The summed E-state index contributed by atoms with van der Waals surface area (Å²) in [6.45, 7) is 2.06. The lowest BCUT2D eigenvalue weighted by Crippen LogP contribution is -2.12. The molecule has 0 aliphatic heterocycles. The largest absolute Gasteiger partial charge is 0.417 e. The Morgan fingerprint density at radius 3 is 1.16 bits per heavy atom. The van der Waals surface area contributed by atoms with E-state index in [9.17, 15) is 73.1 Å². The Balaban J connectivity index is 0.000000244. The number of carbonyl (C=O) groups excluding carboxylic acids is 7. The molecule has 25 nitrogen and oxygen atoms in total. The molecule has 0 spiro atoms. The van der Waals surface area contributed by atoms with E-state index in [2.05, 4.69) is 111 Å². The number of alkyl halides is 9. The molecule has 734 valence electrons. The Morgan fingerprint density at radius 1 is 0.350 bits per heavy atom. The quantitative estimate of drug-likeness (QED) is 0.0181. The molecule has 0 saturated carbocycles. The first-order chi connectivity index (χ1) is 67.9. The van der Waals surface area contributed by atoms with E-state index < -0.39 is 71.0 Å². The molecule has 0 radical (unpaired) electrons. The molecule has 143 heavy (non-hydrogen) atoms. The van der Waals surface area contributed by atoms with Gasteiger partial charge < -0.3 is 17.2 Å². The number of aryl methyl sites for hydroxylation is 1. The number of nitrogens with two attached hydrogens (primary N) is 3. The number of H-pyrrole nitrogens is 5. The number of thiol groups is 2. The fraction of sp³-hybridized carbons (Fsp3) is 0.130. The maximum atomic E-state index is 12.4. The Hall–Kier alpha value is -14.9. The summed E-state index contributed by atoms with van der Waals surface area (Å²) >= 11 is 46.2. The highest BCUT2D eigenvalue weighted by molar-refractivity contribution is 9.10. The third-order valence-electron chi connectivity index (χ3n) is 18.3. The van der Waals surface area contributed by atoms with Gasteiger partial charge in [-0.2, -0.15) is 117 Å². The lowest BCUT2D eigenvalue weighted by Gasteiger charge is -2.10. The summed E-state index contributed by atoms with van der Waals surface area (Å²) in [6.07, 6.45) is -14.3. The summed E-state index contributed by atoms with van der Waals surface area (Å²) in [5.74, 6) is -0.181. The number of benzene rings is 10. The van der Waals surface area contributed by atoms with Crippen LogP contribution in [0.15, 0.2) is 271 Å². The van der Waals surface area contributed by atoms with Gasteiger partial charge in [-0.05, 0) is 127 Å². The van der Waals surface area contributed by atoms with Gasteiger partial charge in [0.2, 0.25) is 0 Å². The minimum absolute atomic E-state index is 0.0377. The van der Waals surface area contributed by atoms with Crippen LogP contribution in [0, 0.1) is 63.6 Å². The number of hydrogen-bond donors (Lipinski definition) is 10. The van der Waals surface area contributed by atoms with Crippen molar-refractivity contribution in [2.45, 2.75) is 70.4 Å². The molecule has 0 aliphatic carbocycles. The number of nitrogens with one attached hydrogen (secondary N) is 5. The van der Waals surface area contributed by atoms with Crippen LogP contribution in [0.1, 0.15) is 118 Å². The number of nitrogen functional groups attached to an aromatic ring is 3. The van der Waals surface area contributed by atoms with Crippen molar-refractivity contribution in [2.24, 2.45) is 0 Å². The zero-order valence-corrected chi connectivity index (χ0v) is 82.2. The molecule has 5 aromatic heterocycles. The lowest BCUT2D eigenvalue weighted by molar-refractivity contribution is -0.138. The van der Waals surface area contributed by atoms with Gasteiger partial charge in [0, 0.05) is 102 Å². The van der Waals surface area contributed by atoms with Crippen LogP contribution in [-0.4, -0.2) is 103 Å². The van der Waals surface area contributed by atoms with Crippen molar-refractivity contribution >= 4 is 169 Å². The Morgan fingerprint density at radius 2 is 0.727 bits per heavy atom. The van der Waals surface area contributed by atoms with E-state index in [0.717, 1.165) is 132 Å². The van der Waals surface area contributed by atoms with Crippen LogP contribution in [0.25, 0.3) is 56.3 Å². The number of Topliss-reactive ketones (excluding diaryl/α,β-unsaturated/α-hetero) is 7. The van der Waals surface area contributed by atoms with E-state index in [1.807, 2.05) is 127 Å². The highest BCUT2D eigenvalue weighted by Crippen LogP contribution is 2.36. The molecule has 0 atom stereocenters. The number of rotatable bonds is 21. The summed E-state index contributed by atoms with van der Waals surface area (Å²) in [5.41, 5.74) is 26.3. The van der Waals surface area contributed by atoms with Gasteiger partial charge in [-0.1, -0.05) is 237 Å². The SMILES string of the molecule is Cc1ccc(-c2cc(N)n[nH]2)cc1.N#CCC(=O)c1ccc(C(F)(F)F)cc1.N#CCC(=O)c1ccc(Cl)c(Cl)c1.N#CCC(=O)c1cccc(C(F)(F)F)c1.N#CCC(=O)c1ccccc1.N#CCC(=O)c1ccccc1C(F)(F)F.Nc1cc(-c2ccc(Br)cc2)[nH]n1.Nc1cc(-c2ccc(Cl)cc2)[nH]n1.O=C(CS)Cc1cc(-c2ccc(Cl)c(Cl)c2)n[nH]1.O=C(CS)Cc1cc(-c2ccccc2Cl)n[nH]1. The van der Waals surface area contributed by atoms with Gasteiger partial charge in [0.15, 0.2) is 28.9 Å². The van der Waals surface area contributed by atoms with Crippen LogP contribution in [0.4, 0.5) is 57.0 Å². The lowest BCUT2D eigenvalue weighted by atomic mass is 10.0. The van der Waals surface area contributed by atoms with Crippen LogP contribution in [-0.2, 0) is 41.0 Å². The van der Waals surface area contributed by atoms with Gasteiger partial charge in [-0.15, -0.1) is 0 Å². The van der Waals surface area contributed by atoms with Crippen LogP contribution < -0.4 is 17.2 Å². The highest BCUT2D eigenvalue weighted by Gasteiger charge is 2.35. The second-order valence-corrected chi connectivity index (χ2v) is 32.9. The molecule has 5 heterocycles. The number of carbonyl (C=O) groups is 7. The van der Waals surface area contributed by atoms with Crippen molar-refractivity contribution in [1.82, 2.24) is 51.0 Å². The summed E-state index contributed by atoms with van der Waals surface area (Å²) < 4.78 is 111. The van der Waals surface area contributed by atoms with E-state index in [0.29, 0.717) is 66.5 Å². The first-order valence-corrected chi connectivity index (χ1v) is 45.3. The van der Waals surface area contributed by atoms with Crippen LogP contribution in [0.2, 0.25) is 30.1 Å². The normalized spacial score (nSPS) is 10.3. The molecule has 10 aromatic carbocycles. The smallest absolute Gasteiger partial charge is 0.382 e. The van der Waals surface area contributed by atoms with Crippen molar-refractivity contribution in [2.75, 3.05) is 28.7 Å². The molecule has 0 bridgehead atoms. The van der Waals surface area contributed by atoms with Crippen molar-refractivity contribution < 1.29 is 73.1 Å². The van der Waals surface area contributed by atoms with Gasteiger partial charge in [-0.3, -0.25) is 59.1 Å². The van der Waals surface area contributed by atoms with Crippen LogP contribution in [0.5, 0.6) is 0 Å². The number of anilines is 3. The van der Waals surface area contributed by atoms with E-state index >= 15 is 0 Å². The average molecular weight is 2170 g/mol. The molecule has 11 N–H and O–H groups in total. The topological polar surface area (TPSA) is 460 Å². The molecule has 0 saturated heterocycles. The summed E-state index contributed by atoms with van der Waals surface area (Å²) in [6, 6.07) is 79.4. The van der Waals surface area contributed by atoms with Gasteiger partial charge in [0.1, 0.15) is 29.0 Å². The summed E-state index contributed by atoms with van der Waals surface area (Å²) in [5, 5.41) is 78.3. The third-order valence-corrected chi connectivity index (χ3v) is 21.6. The predicted octanol–water partition coefficient (Wildman–Crippen LogP) is 26.2. The standard InChI is InChI=1S/C12H10Cl2N2OS.C12H11ClN2OS.3C10H6F3NO.C10H11N3.C9H8BrN3.C9H5Cl2NO.C9H8ClN3.C9H7NO/c13-10-2-1-7(3-11(10)14)12-5-8(15-16-12)4-9(17)6-18;13-11-4-2-1-3-10(11)12-6-8(14-15-12)5-9(16)7-17;11-10(12,13)8-3-1-7(2-4-8)9(15)5-6-14;11-10(12,13)8-3-1-2-7(6-8)9(15)4-5-14;11-10(12,13)8-4-2-1-3-7(8)9(15)5-6-14;1-7-2-4-8(5-3-7)9-6-10(11)13-12-9;10-7-3-1-6(2-4-7)8-5-9(11)13-12-8;10-7-2-1-6(5-8(7)11)9(13)3-4-12;10-7-3-1-6(2-4-7)8-5-9(11)13-12-8;10-7-6-9(11)8-4-2-1-3-5-8/h1-3,5,18H,4,6H2,(H,15,16);1-4,6,17H,5,7H2,(H,14,15);1-4H,5H2;1-3,6H,4H2;1-4H,5H2;2-6H,1H3,(H3,11,12,13);1-5H,(H3,11,12,13);1-2,5H,3H2;1-5H,(H3,11,12,13);1-5H,6H2. The fourth-order valence-electron chi connectivity index (χ4n) is 11.3. The zero-order valence-electron chi connectivity index (χ0n) is 74.3. The number of aromatic amines is 5. The second kappa shape index (κ2) is 59.0. The number of aromatic nitrogens is 10. The van der Waals surface area contributed by atoms with Crippen molar-refractivity contribution in [1.29, 1.82) is 26.3 Å². The number of hydrogen-bond acceptors (Lipinski definition) is 22. The molecule has 43 heteroatoms. The van der Waals surface area contributed by atoms with Gasteiger partial charge in [0.25, 0.3) is 0 Å². The first kappa shape index (κ1) is 117. The van der Waals surface area contributed by atoms with E-state index in [4.69, 9.17) is 113 Å². The van der Waals surface area contributed by atoms with E-state index in [-0.39, 0.29) is 65.0 Å². The summed E-state index contributed by atoms with van der Waals surface area (Å²) in [4.78, 5) is 78.1. The highest BCUT2D eigenvalue weighted by atomic mass is 79.9. The van der Waals surface area contributed by atoms with E-state index in [1.54, 1.807) is 66.7 Å². The number of ketones is 7. The average Bonchev–Trinajstić information content (AvgIpc) is 1.78. The van der Waals surface area contributed by atoms with Crippen molar-refractivity contribution in [3.05, 3.63) is 363 Å². The Labute approximate surface area is 861 Å². The van der Waals surface area contributed by atoms with Gasteiger partial charge in [0.05, 0.1) is 133 Å². The van der Waals surface area contributed by atoms with Gasteiger partial charge in [-0.25, -0.2) is 0 Å². The Kier molecular flexibility index (Phi) is 48.2. The monoisotopic (exact) mass is 2170 g/mol. The second-order valence-electron chi connectivity index (χ2n) is 28.9. The van der Waals surface area contributed by atoms with Crippen LogP contribution in [0.3, 0.4) is 0 Å². The number of halogens is 16. The minimum atomic E-state index is -4.57. The van der Waals surface area contributed by atoms with Gasteiger partial charge >= 0.3 is 18.5 Å². The zero-order chi connectivity index (χ0) is 106. The predicted molar refractivity (Wildman–Crippen MR) is 541 cm³/mol. The van der Waals surface area contributed by atoms with Crippen molar-refractivity contribution in [3.8, 4) is 86.6 Å². The molecule has 0 fully saturated rings. The van der Waals surface area contributed by atoms with Crippen molar-refractivity contribution in [3.63, 3.8) is 0 Å². The maximum Gasteiger partial charge on any atom is 0.417 e. The minimum Gasteiger partial charge on any atom is -0.382 e. The molecule has 15 rings (SSSR count). The molecular formula is C100H78BrCl6F9N18O7S2. The molecule has 15 aromatic rings. The molecule has 0 amide bonds. The van der Waals surface area contributed by atoms with Crippen LogP contribution >= 0.6 is 111 Å². The fourth-order valence-corrected chi connectivity index (χ4v) is 12.8. The Bertz CT molecular complexity index is 6830. The first-order valence-electron chi connectivity index (χ1n) is 41.0. The maximum absolute atomic E-state index is 12.4. The number of nitrogens with zero attached hydrogens (tertiary/aromatic N) is 10. The molecular weight excluding hydrogens is 2090 g/mol. The van der Waals surface area contributed by atoms with E-state index in [1.165, 1.54) is 42.0 Å². The summed E-state index contributed by atoms with van der Waals surface area (Å²) in [7, 11) is 0. The third kappa shape index (κ3) is 40.7. The number of nitriles is 5. The molecule has 0 aliphatic rings.